The molecule has 7 atom stereocenters. The number of phenolic OH excluding ortho intramolecular Hbond substituents is 1. The Kier molecular flexibility index (Phi) is 12.3. The Morgan fingerprint density at radius 3 is 2.48 bits per heavy atom. The summed E-state index contributed by atoms with van der Waals surface area (Å²) in [5.41, 5.74) is 1.71. The van der Waals surface area contributed by atoms with Gasteiger partial charge in [0.05, 0.1) is 28.8 Å². The molecule has 0 spiro atoms. The molecule has 0 amide bonds. The Labute approximate surface area is 347 Å². The number of phenols is 1. The zero-order chi connectivity index (χ0) is 43.6. The first-order valence-corrected chi connectivity index (χ1v) is 19.5. The van der Waals surface area contributed by atoms with Crippen molar-refractivity contribution < 1.29 is 63.4 Å². The zero-order valence-corrected chi connectivity index (χ0v) is 33.3. The van der Waals surface area contributed by atoms with Gasteiger partial charge in [0, 0.05) is 36.2 Å². The molecule has 7 N–H and O–H groups in total. The van der Waals surface area contributed by atoms with Crippen molar-refractivity contribution in [3.63, 3.8) is 0 Å². The summed E-state index contributed by atoms with van der Waals surface area (Å²) < 4.78 is 25.1. The van der Waals surface area contributed by atoms with Crippen LogP contribution >= 0.6 is 0 Å². The molecule has 320 valence electrons. The Morgan fingerprint density at radius 2 is 1.79 bits per heavy atom. The number of nitrogens with one attached hydrogen (secondary N) is 2. The minimum absolute atomic E-state index is 0.0256. The van der Waals surface area contributed by atoms with Crippen LogP contribution in [0.2, 0.25) is 0 Å². The van der Waals surface area contributed by atoms with Gasteiger partial charge in [-0.3, -0.25) is 10.1 Å². The van der Waals surface area contributed by atoms with Crippen molar-refractivity contribution >= 4 is 40.1 Å². The molecule has 61 heavy (non-hydrogen) atoms. The molecular formula is C44H45N3O14. The van der Waals surface area contributed by atoms with E-state index in [9.17, 15) is 44.7 Å². The lowest BCUT2D eigenvalue weighted by atomic mass is 9.78. The molecule has 1 fully saturated rings. The fraction of sp³-hybridized carbons (Fsp3) is 0.318. The van der Waals surface area contributed by atoms with Gasteiger partial charge in [0.15, 0.2) is 11.0 Å². The summed E-state index contributed by atoms with van der Waals surface area (Å²) >= 11 is 0. The summed E-state index contributed by atoms with van der Waals surface area (Å²) in [6, 6.07) is 16.1. The van der Waals surface area contributed by atoms with Crippen LogP contribution in [0.25, 0.3) is 44.3 Å². The van der Waals surface area contributed by atoms with E-state index in [1.165, 1.54) is 41.3 Å². The maximum Gasteiger partial charge on any atom is 0.334 e. The fourth-order valence-electron chi connectivity index (χ4n) is 7.62. The van der Waals surface area contributed by atoms with E-state index in [2.05, 4.69) is 10.3 Å². The van der Waals surface area contributed by atoms with Crippen molar-refractivity contribution in [1.29, 1.82) is 0 Å². The average Bonchev–Trinajstić information content (AvgIpc) is 3.82. The summed E-state index contributed by atoms with van der Waals surface area (Å²) in [5.74, 6) is -2.81. The predicted octanol–water partition coefficient (Wildman–Crippen LogP) is 3.37. The molecule has 1 aliphatic heterocycles. The molecule has 17 nitrogen and oxygen atoms in total. The molecule has 3 aromatic heterocycles. The van der Waals surface area contributed by atoms with Crippen molar-refractivity contribution in [3.05, 3.63) is 107 Å². The molecule has 0 radical (unpaired) electrons. The third kappa shape index (κ3) is 8.46. The number of aliphatic hydroxyl groups is 3. The number of aliphatic hydroxyl groups excluding tert-OH is 2. The van der Waals surface area contributed by atoms with Gasteiger partial charge in [0.1, 0.15) is 54.1 Å². The highest BCUT2D eigenvalue weighted by Gasteiger charge is 2.62. The number of ether oxygens (including phenoxy) is 3. The standard InChI is InChI=1S/C44H45N3O14/c1-4-34(50)44(56)39(52)33(22-58-42(55)36(41(53)54)45-13-5-15-48)60-43(40(44)61-47-20-26-12-14-46-35(26)37(47)27-17-23(2)16-24(3)18-27)59-29-10-11-30-32(19-29)57-21-31(38(30)51)25-6-8-28(49)9-7-25/h6-12,14-21,33-34,36,39-40,43,45-46,49-50,52,56H,4-5,13,22H2,1-3H3,(H,53,54)/t33-,34-,36+,39-,40+,43-,44+/m0/s1. The Hall–Kier alpha value is -6.50. The first-order chi connectivity index (χ1) is 29.2. The van der Waals surface area contributed by atoms with Gasteiger partial charge in [-0.05, 0) is 68.3 Å². The summed E-state index contributed by atoms with van der Waals surface area (Å²) in [6.07, 6.45) is -3.85. The number of nitrogens with zero attached hydrogens (tertiary/aromatic N) is 1. The lowest BCUT2D eigenvalue weighted by Gasteiger charge is -2.50. The smallest absolute Gasteiger partial charge is 0.334 e. The minimum Gasteiger partial charge on any atom is -0.508 e. The number of carboxylic acids is 1. The monoisotopic (exact) mass is 839 g/mol. The van der Waals surface area contributed by atoms with Crippen LogP contribution in [-0.4, -0.2) is 109 Å². The number of aromatic amines is 1. The van der Waals surface area contributed by atoms with Gasteiger partial charge in [-0.1, -0.05) is 36.2 Å². The van der Waals surface area contributed by atoms with Gasteiger partial charge < -0.3 is 58.8 Å². The number of aromatic nitrogens is 2. The van der Waals surface area contributed by atoms with Crippen LogP contribution in [0, 0.1) is 13.8 Å². The molecule has 0 bridgehead atoms. The van der Waals surface area contributed by atoms with Crippen LogP contribution in [0.1, 0.15) is 30.9 Å². The number of benzene rings is 3. The van der Waals surface area contributed by atoms with Crippen molar-refractivity contribution in [3.8, 4) is 33.9 Å². The summed E-state index contributed by atoms with van der Waals surface area (Å²) in [4.78, 5) is 59.1. The van der Waals surface area contributed by atoms with Crippen LogP contribution in [0.15, 0.2) is 94.6 Å². The fourth-order valence-corrected chi connectivity index (χ4v) is 7.62. The second-order valence-corrected chi connectivity index (χ2v) is 14.9. The number of aromatic hydroxyl groups is 1. The maximum atomic E-state index is 13.6. The van der Waals surface area contributed by atoms with E-state index in [-0.39, 0.29) is 52.8 Å². The van der Waals surface area contributed by atoms with E-state index in [4.69, 9.17) is 23.5 Å². The van der Waals surface area contributed by atoms with Gasteiger partial charge in [-0.2, -0.15) is 4.73 Å². The van der Waals surface area contributed by atoms with E-state index < -0.39 is 60.9 Å². The van der Waals surface area contributed by atoms with Crippen LogP contribution in [0.4, 0.5) is 0 Å². The summed E-state index contributed by atoms with van der Waals surface area (Å²) in [6.45, 7) is 4.48. The lowest BCUT2D eigenvalue weighted by molar-refractivity contribution is -0.340. The molecule has 1 aliphatic rings. The average molecular weight is 840 g/mol. The number of rotatable bonds is 16. The number of carboxylic acid groups (broad SMARTS) is 1. The first kappa shape index (κ1) is 42.6. The third-order valence-corrected chi connectivity index (χ3v) is 10.6. The number of aryl methyl sites for hydroxylation is 2. The third-order valence-electron chi connectivity index (χ3n) is 10.6. The SMILES string of the molecule is CC[C@H](O)[C@]1(O)[C@H](On2cc3cc[nH]c3c2-c2cc(C)cc(C)c2)[C@@H](Oc2ccc3c(=O)c(-c4ccc(O)cc4)coc3c2)O[C@@H](COC(=O)[C@H](NCCC=O)C(=O)O)[C@@H]1O. The highest BCUT2D eigenvalue weighted by molar-refractivity contribution is 5.98. The lowest BCUT2D eigenvalue weighted by Crippen LogP contribution is -2.74. The second-order valence-electron chi connectivity index (χ2n) is 14.9. The number of carbonyl (C=O) groups excluding carboxylic acids is 2. The van der Waals surface area contributed by atoms with Crippen molar-refractivity contribution in [2.45, 2.75) is 76.0 Å². The molecule has 0 saturated carbocycles. The van der Waals surface area contributed by atoms with Crippen molar-refractivity contribution in [1.82, 2.24) is 15.0 Å². The summed E-state index contributed by atoms with van der Waals surface area (Å²) in [7, 11) is 0. The number of esters is 1. The van der Waals surface area contributed by atoms with Crippen LogP contribution < -0.4 is 20.3 Å². The number of carbonyl (C=O) groups is 3. The summed E-state index contributed by atoms with van der Waals surface area (Å²) in [5, 5.41) is 58.8. The highest BCUT2D eigenvalue weighted by Crippen LogP contribution is 2.39. The van der Waals surface area contributed by atoms with Crippen molar-refractivity contribution in [2.24, 2.45) is 0 Å². The Balaban J connectivity index is 1.29. The molecule has 4 heterocycles. The minimum atomic E-state index is -2.62. The topological polar surface area (TPSA) is 252 Å². The van der Waals surface area contributed by atoms with Gasteiger partial charge in [-0.25, -0.2) is 9.59 Å². The number of fused-ring (bicyclic) bond motifs is 2. The number of aldehydes is 1. The van der Waals surface area contributed by atoms with Crippen LogP contribution in [0.5, 0.6) is 11.5 Å². The highest BCUT2D eigenvalue weighted by atomic mass is 16.8. The molecule has 7 rings (SSSR count). The molecule has 17 heteroatoms. The molecule has 1 saturated heterocycles. The van der Waals surface area contributed by atoms with Crippen LogP contribution in [-0.2, 0) is 23.9 Å². The van der Waals surface area contributed by atoms with E-state index in [1.807, 2.05) is 38.1 Å². The van der Waals surface area contributed by atoms with Gasteiger partial charge in [0.25, 0.3) is 0 Å². The largest absolute Gasteiger partial charge is 0.508 e. The maximum absolute atomic E-state index is 13.6. The molecule has 6 aromatic rings. The predicted molar refractivity (Wildman–Crippen MR) is 219 cm³/mol. The zero-order valence-electron chi connectivity index (χ0n) is 33.3. The van der Waals surface area contributed by atoms with Gasteiger partial charge in [0.2, 0.25) is 18.4 Å². The normalized spacial score (nSPS) is 21.2. The van der Waals surface area contributed by atoms with Crippen molar-refractivity contribution in [2.75, 3.05) is 13.2 Å². The Morgan fingerprint density at radius 1 is 1.05 bits per heavy atom. The first-order valence-electron chi connectivity index (χ1n) is 19.5. The van der Waals surface area contributed by atoms with E-state index in [0.717, 1.165) is 22.1 Å². The molecule has 3 aromatic carbocycles. The molecule has 0 aliphatic carbocycles. The quantitative estimate of drug-likeness (QED) is 0.0319. The second kappa shape index (κ2) is 17.6. The number of hydrogen-bond acceptors (Lipinski definition) is 14. The van der Waals surface area contributed by atoms with Gasteiger partial charge >= 0.3 is 11.9 Å². The molecule has 0 unspecified atom stereocenters. The van der Waals surface area contributed by atoms with E-state index >= 15 is 0 Å². The number of H-pyrrole nitrogens is 1. The Bertz CT molecular complexity index is 2600. The van der Waals surface area contributed by atoms with Crippen LogP contribution in [0.3, 0.4) is 0 Å². The van der Waals surface area contributed by atoms with E-state index in [0.29, 0.717) is 23.1 Å². The number of hydrogen-bond donors (Lipinski definition) is 7. The number of aliphatic carboxylic acids is 1. The van der Waals surface area contributed by atoms with E-state index in [1.54, 1.807) is 31.5 Å². The van der Waals surface area contributed by atoms with Gasteiger partial charge in [-0.15, -0.1) is 0 Å². The molecular weight excluding hydrogens is 794 g/mol.